The van der Waals surface area contributed by atoms with Gasteiger partial charge < -0.3 is 5.32 Å². The van der Waals surface area contributed by atoms with Gasteiger partial charge in [0.2, 0.25) is 0 Å². The molecule has 0 saturated carbocycles. The van der Waals surface area contributed by atoms with Crippen LogP contribution in [-0.2, 0) is 12.6 Å². The molecule has 0 bridgehead atoms. The van der Waals surface area contributed by atoms with Gasteiger partial charge in [0.1, 0.15) is 11.5 Å². The maximum Gasteiger partial charge on any atom is 0.416 e. The molecular weight excluding hydrogens is 371 g/mol. The van der Waals surface area contributed by atoms with Crippen molar-refractivity contribution in [3.05, 3.63) is 51.4 Å². The van der Waals surface area contributed by atoms with Crippen LogP contribution in [0.5, 0.6) is 0 Å². The van der Waals surface area contributed by atoms with Gasteiger partial charge in [0.25, 0.3) is 0 Å². The first-order valence-electron chi connectivity index (χ1n) is 7.64. The van der Waals surface area contributed by atoms with Gasteiger partial charge in [-0.15, -0.1) is 11.3 Å². The Bertz CT molecular complexity index is 959. The minimum absolute atomic E-state index is 0.223. The van der Waals surface area contributed by atoms with Crippen molar-refractivity contribution in [2.75, 3.05) is 11.9 Å². The van der Waals surface area contributed by atoms with E-state index in [1.54, 1.807) is 11.3 Å². The number of halogens is 4. The van der Waals surface area contributed by atoms with E-state index in [4.69, 9.17) is 11.6 Å². The molecule has 3 aromatic rings. The molecular formula is C17H13ClF3N3S. The predicted octanol–water partition coefficient (Wildman–Crippen LogP) is 5.55. The van der Waals surface area contributed by atoms with Gasteiger partial charge in [-0.05, 0) is 43.7 Å². The van der Waals surface area contributed by atoms with Crippen molar-refractivity contribution >= 4 is 28.8 Å². The number of anilines is 1. The Morgan fingerprint density at radius 3 is 2.72 bits per heavy atom. The second kappa shape index (κ2) is 5.78. The van der Waals surface area contributed by atoms with Crippen LogP contribution in [0.25, 0.3) is 16.3 Å². The van der Waals surface area contributed by atoms with Crippen LogP contribution in [0.2, 0.25) is 5.02 Å². The first-order chi connectivity index (χ1) is 11.8. The number of hydrogen-bond acceptors (Lipinski definition) is 3. The lowest BCUT2D eigenvalue weighted by molar-refractivity contribution is -0.137. The number of hydrogen-bond donors (Lipinski definition) is 1. The summed E-state index contributed by atoms with van der Waals surface area (Å²) in [5.41, 5.74) is 1.28. The fraction of sp³-hybridized carbons (Fsp3) is 0.235. The molecule has 8 heteroatoms. The van der Waals surface area contributed by atoms with E-state index in [1.807, 2.05) is 19.1 Å². The van der Waals surface area contributed by atoms with E-state index in [0.717, 1.165) is 46.1 Å². The van der Waals surface area contributed by atoms with Gasteiger partial charge in [0, 0.05) is 17.0 Å². The molecule has 0 spiro atoms. The molecule has 4 rings (SSSR count). The summed E-state index contributed by atoms with van der Waals surface area (Å²) in [7, 11) is 0. The average molecular weight is 384 g/mol. The maximum atomic E-state index is 13.1. The molecule has 0 aliphatic carbocycles. The lowest BCUT2D eigenvalue weighted by atomic mass is 10.1. The van der Waals surface area contributed by atoms with E-state index in [0.29, 0.717) is 5.82 Å². The zero-order valence-electron chi connectivity index (χ0n) is 13.1. The number of thiophene rings is 1. The number of alkyl halides is 3. The van der Waals surface area contributed by atoms with Crippen LogP contribution in [0.4, 0.5) is 19.0 Å². The highest BCUT2D eigenvalue weighted by atomic mass is 35.5. The monoisotopic (exact) mass is 383 g/mol. The quantitative estimate of drug-likeness (QED) is 0.628. The highest BCUT2D eigenvalue weighted by Crippen LogP contribution is 2.40. The van der Waals surface area contributed by atoms with Crippen LogP contribution in [0.1, 0.15) is 16.0 Å². The third-order valence-corrected chi connectivity index (χ3v) is 5.45. The molecule has 1 aliphatic rings. The first-order valence-corrected chi connectivity index (χ1v) is 8.84. The Labute approximate surface area is 151 Å². The van der Waals surface area contributed by atoms with Crippen molar-refractivity contribution in [3.8, 4) is 16.3 Å². The Balaban J connectivity index is 1.90. The molecule has 25 heavy (non-hydrogen) atoms. The largest absolute Gasteiger partial charge is 0.416 e. The molecule has 0 fully saturated rings. The van der Waals surface area contributed by atoms with Gasteiger partial charge in [-0.2, -0.15) is 18.3 Å². The average Bonchev–Trinajstić information content (AvgIpc) is 3.23. The third kappa shape index (κ3) is 2.81. The number of aryl methyl sites for hydroxylation is 1. The van der Waals surface area contributed by atoms with Crippen molar-refractivity contribution < 1.29 is 13.2 Å². The van der Waals surface area contributed by atoms with Gasteiger partial charge in [-0.1, -0.05) is 11.6 Å². The lowest BCUT2D eigenvalue weighted by Gasteiger charge is -2.12. The van der Waals surface area contributed by atoms with E-state index in [9.17, 15) is 13.2 Å². The van der Waals surface area contributed by atoms with Gasteiger partial charge in [-0.3, -0.25) is 0 Å². The van der Waals surface area contributed by atoms with Crippen LogP contribution in [0.15, 0.2) is 30.3 Å². The van der Waals surface area contributed by atoms with E-state index in [2.05, 4.69) is 10.4 Å². The minimum atomic E-state index is -4.43. The number of benzene rings is 1. The van der Waals surface area contributed by atoms with Gasteiger partial charge in [-0.25, -0.2) is 4.68 Å². The van der Waals surface area contributed by atoms with Gasteiger partial charge in [0.15, 0.2) is 0 Å². The Kier molecular flexibility index (Phi) is 3.81. The molecule has 130 valence electrons. The predicted molar refractivity (Wildman–Crippen MR) is 93.8 cm³/mol. The topological polar surface area (TPSA) is 29.9 Å². The normalized spacial score (nSPS) is 13.8. The molecule has 0 radical (unpaired) electrons. The molecule has 0 amide bonds. The zero-order valence-corrected chi connectivity index (χ0v) is 14.7. The van der Waals surface area contributed by atoms with Gasteiger partial charge >= 0.3 is 6.18 Å². The van der Waals surface area contributed by atoms with E-state index in [-0.39, 0.29) is 10.7 Å². The molecule has 1 aromatic carbocycles. The smallest absolute Gasteiger partial charge is 0.369 e. The summed E-state index contributed by atoms with van der Waals surface area (Å²) in [6.07, 6.45) is -3.66. The summed E-state index contributed by atoms with van der Waals surface area (Å²) in [5, 5.41) is 8.02. The highest BCUT2D eigenvalue weighted by molar-refractivity contribution is 7.15. The van der Waals surface area contributed by atoms with Gasteiger partial charge in [0.05, 0.1) is 21.2 Å². The van der Waals surface area contributed by atoms with E-state index >= 15 is 0 Å². The van der Waals surface area contributed by atoms with Crippen molar-refractivity contribution in [2.24, 2.45) is 0 Å². The van der Waals surface area contributed by atoms with Crippen LogP contribution in [-0.4, -0.2) is 16.3 Å². The summed E-state index contributed by atoms with van der Waals surface area (Å²) < 4.78 is 40.7. The first kappa shape index (κ1) is 16.5. The minimum Gasteiger partial charge on any atom is -0.369 e. The SMILES string of the molecule is Cc1ccc(-c2nn(-c3cc(C(F)(F)F)ccc3Cl)c3c2CCN3)s1. The molecule has 1 aliphatic heterocycles. The fourth-order valence-corrected chi connectivity index (χ4v) is 4.04. The van der Waals surface area contributed by atoms with Crippen molar-refractivity contribution in [3.63, 3.8) is 0 Å². The second-order valence-electron chi connectivity index (χ2n) is 5.84. The molecule has 0 unspecified atom stereocenters. The highest BCUT2D eigenvalue weighted by Gasteiger charge is 2.32. The standard InChI is InChI=1S/C17H13ClF3N3S/c1-9-2-5-14(25-9)15-11-6-7-22-16(11)24(23-15)13-8-10(17(19,20)21)3-4-12(13)18/h2-5,8,22H,6-7H2,1H3. The number of nitrogens with one attached hydrogen (secondary N) is 1. The summed E-state index contributed by atoms with van der Waals surface area (Å²) in [4.78, 5) is 2.15. The summed E-state index contributed by atoms with van der Waals surface area (Å²) in [5.74, 6) is 0.710. The maximum absolute atomic E-state index is 13.1. The van der Waals surface area contributed by atoms with Crippen LogP contribution < -0.4 is 5.32 Å². The van der Waals surface area contributed by atoms with Crippen molar-refractivity contribution in [2.45, 2.75) is 19.5 Å². The second-order valence-corrected chi connectivity index (χ2v) is 7.53. The molecule has 0 saturated heterocycles. The van der Waals surface area contributed by atoms with E-state index < -0.39 is 11.7 Å². The number of aromatic nitrogens is 2. The molecule has 0 atom stereocenters. The van der Waals surface area contributed by atoms with Crippen LogP contribution in [0, 0.1) is 6.92 Å². The summed E-state index contributed by atoms with van der Waals surface area (Å²) in [6, 6.07) is 7.27. The van der Waals surface area contributed by atoms with Crippen molar-refractivity contribution in [1.82, 2.24) is 9.78 Å². The van der Waals surface area contributed by atoms with Crippen LogP contribution >= 0.6 is 22.9 Å². The third-order valence-electron chi connectivity index (χ3n) is 4.13. The molecule has 1 N–H and O–H groups in total. The van der Waals surface area contributed by atoms with E-state index in [1.165, 1.54) is 10.7 Å². The van der Waals surface area contributed by atoms with Crippen molar-refractivity contribution in [1.29, 1.82) is 0 Å². The number of nitrogens with zero attached hydrogens (tertiary/aromatic N) is 2. The molecule has 3 heterocycles. The van der Waals surface area contributed by atoms with Crippen LogP contribution in [0.3, 0.4) is 0 Å². The number of rotatable bonds is 2. The Morgan fingerprint density at radius 1 is 1.24 bits per heavy atom. The fourth-order valence-electron chi connectivity index (χ4n) is 2.96. The summed E-state index contributed by atoms with van der Waals surface area (Å²) in [6.45, 7) is 2.73. The molecule has 3 nitrogen and oxygen atoms in total. The molecule has 2 aromatic heterocycles. The Morgan fingerprint density at radius 2 is 2.04 bits per heavy atom. The Hall–Kier alpha value is -1.99. The summed E-state index contributed by atoms with van der Waals surface area (Å²) >= 11 is 7.80. The number of fused-ring (bicyclic) bond motifs is 1. The zero-order chi connectivity index (χ0) is 17.8. The lowest BCUT2D eigenvalue weighted by Crippen LogP contribution is -2.09.